The second-order valence-corrected chi connectivity index (χ2v) is 10.6. The molecule has 4 heterocycles. The first kappa shape index (κ1) is 28.5. The maximum Gasteiger partial charge on any atom is 0.244 e. The summed E-state index contributed by atoms with van der Waals surface area (Å²) in [5.74, 6) is 1.09. The zero-order valence-corrected chi connectivity index (χ0v) is 23.7. The lowest BCUT2D eigenvalue weighted by Gasteiger charge is -2.34. The Morgan fingerprint density at radius 1 is 1.10 bits per heavy atom. The minimum Gasteiger partial charge on any atom is -0.507 e. The van der Waals surface area contributed by atoms with Crippen LogP contribution in [0.2, 0.25) is 0 Å². The van der Waals surface area contributed by atoms with E-state index in [2.05, 4.69) is 21.2 Å². The van der Waals surface area contributed by atoms with E-state index < -0.39 is 0 Å². The van der Waals surface area contributed by atoms with Crippen LogP contribution in [0.4, 0.5) is 5.82 Å². The molecule has 2 N–H and O–H groups in total. The number of rotatable bonds is 9. The lowest BCUT2D eigenvalue weighted by molar-refractivity contribution is -0.133. The monoisotopic (exact) mass is 562 g/mol. The fourth-order valence-corrected chi connectivity index (χ4v) is 5.03. The van der Waals surface area contributed by atoms with Crippen molar-refractivity contribution in [3.63, 3.8) is 0 Å². The molecule has 0 aliphatic carbocycles. The third kappa shape index (κ3) is 7.20. The quantitative estimate of drug-likeness (QED) is 0.366. The molecule has 2 saturated heterocycles. The van der Waals surface area contributed by atoms with Gasteiger partial charge in [-0.25, -0.2) is 9.50 Å². The highest BCUT2D eigenvalue weighted by atomic mass is 16.5. The van der Waals surface area contributed by atoms with Crippen molar-refractivity contribution in [3.05, 3.63) is 54.2 Å². The van der Waals surface area contributed by atoms with Crippen molar-refractivity contribution in [2.24, 2.45) is 0 Å². The van der Waals surface area contributed by atoms with Crippen molar-refractivity contribution in [1.82, 2.24) is 34.6 Å². The number of likely N-dealkylation sites (N-methyl/N-ethyl adjacent to an activating group) is 1. The summed E-state index contributed by atoms with van der Waals surface area (Å²) >= 11 is 0. The molecule has 12 heteroatoms. The highest BCUT2D eigenvalue weighted by molar-refractivity contribution is 5.91. The van der Waals surface area contributed by atoms with Gasteiger partial charge < -0.3 is 29.9 Å². The van der Waals surface area contributed by atoms with Gasteiger partial charge in [-0.2, -0.15) is 0 Å². The van der Waals surface area contributed by atoms with E-state index in [9.17, 15) is 14.7 Å². The number of hydrogen-bond donors (Lipinski definition) is 2. The summed E-state index contributed by atoms with van der Waals surface area (Å²) in [4.78, 5) is 37.7. The fourth-order valence-electron chi connectivity index (χ4n) is 5.03. The average Bonchev–Trinajstić information content (AvgIpc) is 3.38. The molecule has 0 saturated carbocycles. The predicted molar refractivity (Wildman–Crippen MR) is 156 cm³/mol. The molecule has 41 heavy (non-hydrogen) atoms. The van der Waals surface area contributed by atoms with Crippen molar-refractivity contribution in [3.8, 4) is 17.1 Å². The summed E-state index contributed by atoms with van der Waals surface area (Å²) in [6.45, 7) is 6.80. The molecule has 0 unspecified atom stereocenters. The molecule has 1 aromatic carbocycles. The number of carbonyl (C=O) groups is 2. The molecule has 0 bridgehead atoms. The minimum absolute atomic E-state index is 0.00168. The van der Waals surface area contributed by atoms with Gasteiger partial charge in [0.1, 0.15) is 11.3 Å². The largest absolute Gasteiger partial charge is 0.507 e. The molecule has 2 aromatic heterocycles. The van der Waals surface area contributed by atoms with Crippen LogP contribution in [0.1, 0.15) is 5.56 Å². The first-order valence-electron chi connectivity index (χ1n) is 14.0. The molecule has 0 spiro atoms. The Morgan fingerprint density at radius 3 is 2.59 bits per heavy atom. The van der Waals surface area contributed by atoms with E-state index >= 15 is 0 Å². The van der Waals surface area contributed by atoms with E-state index in [1.54, 1.807) is 23.1 Å². The molecular weight excluding hydrogens is 524 g/mol. The number of piperazine rings is 1. The maximum atomic E-state index is 12.6. The van der Waals surface area contributed by atoms with E-state index in [-0.39, 0.29) is 24.1 Å². The first-order valence-corrected chi connectivity index (χ1v) is 14.0. The zero-order valence-electron chi connectivity index (χ0n) is 23.7. The number of phenols is 1. The molecule has 218 valence electrons. The third-order valence-electron chi connectivity index (χ3n) is 7.24. The Balaban J connectivity index is 1.23. The van der Waals surface area contributed by atoms with Gasteiger partial charge in [0, 0.05) is 64.6 Å². The number of morpholine rings is 1. The molecule has 2 fully saturated rings. The number of amides is 2. The summed E-state index contributed by atoms with van der Waals surface area (Å²) in [6.07, 6.45) is 5.25. The number of carbonyl (C=O) groups excluding carboxylic acids is 2. The molecule has 3 aromatic rings. The van der Waals surface area contributed by atoms with Crippen molar-refractivity contribution < 1.29 is 19.4 Å². The average molecular weight is 563 g/mol. The van der Waals surface area contributed by atoms with E-state index in [1.807, 2.05) is 41.8 Å². The molecular formula is C29H38N8O4. The highest BCUT2D eigenvalue weighted by Crippen LogP contribution is 2.30. The van der Waals surface area contributed by atoms with Crippen LogP contribution in [0.3, 0.4) is 0 Å². The molecule has 2 amide bonds. The number of para-hydroxylation sites is 1. The van der Waals surface area contributed by atoms with E-state index in [1.165, 1.54) is 6.08 Å². The van der Waals surface area contributed by atoms with Crippen molar-refractivity contribution in [2.45, 2.75) is 6.54 Å². The summed E-state index contributed by atoms with van der Waals surface area (Å²) < 4.78 is 7.41. The van der Waals surface area contributed by atoms with Crippen LogP contribution in [0, 0.1) is 0 Å². The number of ether oxygens (including phenoxy) is 1. The number of nitrogens with zero attached hydrogens (tertiary/aromatic N) is 7. The van der Waals surface area contributed by atoms with Gasteiger partial charge in [-0.15, -0.1) is 5.10 Å². The van der Waals surface area contributed by atoms with Gasteiger partial charge in [0.05, 0.1) is 25.3 Å². The second-order valence-electron chi connectivity index (χ2n) is 10.6. The number of benzene rings is 1. The lowest BCUT2D eigenvalue weighted by atomic mass is 10.2. The van der Waals surface area contributed by atoms with Crippen LogP contribution in [-0.2, 0) is 20.9 Å². The van der Waals surface area contributed by atoms with Crippen molar-refractivity contribution >= 4 is 23.1 Å². The van der Waals surface area contributed by atoms with Gasteiger partial charge in [-0.3, -0.25) is 14.5 Å². The number of aromatic nitrogens is 3. The van der Waals surface area contributed by atoms with Gasteiger partial charge >= 0.3 is 0 Å². The highest BCUT2D eigenvalue weighted by Gasteiger charge is 2.23. The second kappa shape index (κ2) is 13.1. The molecule has 0 radical (unpaired) electrons. The molecule has 0 atom stereocenters. The summed E-state index contributed by atoms with van der Waals surface area (Å²) in [5.41, 5.74) is 2.59. The number of phenolic OH excluding ortho intramolecular Hbond substituents is 1. The van der Waals surface area contributed by atoms with Crippen molar-refractivity contribution in [2.75, 3.05) is 84.6 Å². The predicted octanol–water partition coefficient (Wildman–Crippen LogP) is 0.817. The van der Waals surface area contributed by atoms with Gasteiger partial charge in [0.15, 0.2) is 11.6 Å². The Labute approximate surface area is 239 Å². The topological polar surface area (TPSA) is 119 Å². The smallest absolute Gasteiger partial charge is 0.244 e. The lowest BCUT2D eigenvalue weighted by Crippen LogP contribution is -2.50. The Kier molecular flexibility index (Phi) is 9.12. The van der Waals surface area contributed by atoms with E-state index in [0.29, 0.717) is 50.8 Å². The summed E-state index contributed by atoms with van der Waals surface area (Å²) in [7, 11) is 3.85. The van der Waals surface area contributed by atoms with E-state index in [0.717, 1.165) is 43.1 Å². The maximum absolute atomic E-state index is 12.6. The third-order valence-corrected chi connectivity index (χ3v) is 7.24. The summed E-state index contributed by atoms with van der Waals surface area (Å²) in [5, 5.41) is 17.9. The van der Waals surface area contributed by atoms with Crippen molar-refractivity contribution in [1.29, 1.82) is 0 Å². The minimum atomic E-state index is -0.259. The van der Waals surface area contributed by atoms with Gasteiger partial charge in [0.2, 0.25) is 11.8 Å². The van der Waals surface area contributed by atoms with Crippen LogP contribution in [0.25, 0.3) is 16.9 Å². The normalized spacial score (nSPS) is 16.7. The van der Waals surface area contributed by atoms with Crippen LogP contribution in [0.15, 0.2) is 48.7 Å². The van der Waals surface area contributed by atoms with Gasteiger partial charge in [-0.05, 0) is 37.9 Å². The zero-order chi connectivity index (χ0) is 28.8. The Morgan fingerprint density at radius 2 is 1.85 bits per heavy atom. The first-order chi connectivity index (χ1) is 19.9. The standard InChI is InChI=1S/C29H38N8O4/c1-33(2)9-5-8-26(39)30-19-27(40)35-12-10-34(11-13-35)20-22-18-24-29(36-14-16-41-17-15-36)31-28(32-37(24)21-22)23-6-3-4-7-25(23)38/h3-8,18,21,38H,9-17,19-20H2,1-2H3,(H,30,39)/b8-5+. The molecule has 12 nitrogen and oxygen atoms in total. The number of anilines is 1. The van der Waals surface area contributed by atoms with Crippen LogP contribution >= 0.6 is 0 Å². The van der Waals surface area contributed by atoms with Crippen LogP contribution in [0.5, 0.6) is 5.75 Å². The Bertz CT molecular complexity index is 1390. The molecule has 2 aliphatic heterocycles. The van der Waals surface area contributed by atoms with Crippen LogP contribution in [-0.4, -0.2) is 126 Å². The summed E-state index contributed by atoms with van der Waals surface area (Å²) in [6, 6.07) is 9.22. The van der Waals surface area contributed by atoms with Crippen LogP contribution < -0.4 is 10.2 Å². The number of hydrogen-bond acceptors (Lipinski definition) is 9. The number of nitrogens with one attached hydrogen (secondary N) is 1. The fraction of sp³-hybridized carbons (Fsp3) is 0.448. The number of fused-ring (bicyclic) bond motifs is 1. The van der Waals surface area contributed by atoms with E-state index in [4.69, 9.17) is 14.8 Å². The Hall–Kier alpha value is -4.00. The molecule has 2 aliphatic rings. The van der Waals surface area contributed by atoms with Gasteiger partial charge in [0.25, 0.3) is 0 Å². The SMILES string of the molecule is CN(C)C/C=C/C(=O)NCC(=O)N1CCN(Cc2cc3c(N4CCOCC4)nc(-c4ccccc4O)nn3c2)CC1. The molecule has 5 rings (SSSR count). The van der Waals surface area contributed by atoms with Gasteiger partial charge in [-0.1, -0.05) is 18.2 Å². The number of aromatic hydroxyl groups is 1.